The second kappa shape index (κ2) is 15.7. The third-order valence-electron chi connectivity index (χ3n) is 0.625. The second-order valence-corrected chi connectivity index (χ2v) is 1.43. The van der Waals surface area contributed by atoms with Gasteiger partial charge < -0.3 is 10.6 Å². The molecule has 0 spiro atoms. The first-order valence-electron chi connectivity index (χ1n) is 2.93. The normalized spacial score (nSPS) is 6.89. The summed E-state index contributed by atoms with van der Waals surface area (Å²) < 4.78 is 0. The van der Waals surface area contributed by atoms with Crippen molar-refractivity contribution in [2.45, 2.75) is 6.92 Å². The van der Waals surface area contributed by atoms with Crippen LogP contribution in [0.25, 0.3) is 0 Å². The summed E-state index contributed by atoms with van der Waals surface area (Å²) in [4.78, 5) is 0. The predicted molar refractivity (Wildman–Crippen MR) is 39.1 cm³/mol. The summed E-state index contributed by atoms with van der Waals surface area (Å²) in [5.41, 5.74) is 0. The quantitative estimate of drug-likeness (QED) is 0.525. The average Bonchev–Trinajstić information content (AvgIpc) is 1.86. The van der Waals surface area contributed by atoms with Gasteiger partial charge in [-0.25, -0.2) is 0 Å². The summed E-state index contributed by atoms with van der Waals surface area (Å²) in [5.74, 6) is 0. The zero-order valence-electron chi connectivity index (χ0n) is 6.36. The Morgan fingerprint density at radius 2 is 1.44 bits per heavy atom. The van der Waals surface area contributed by atoms with Gasteiger partial charge in [0.25, 0.3) is 0 Å². The second-order valence-electron chi connectivity index (χ2n) is 1.43. The standard InChI is InChI=1S/C4H12N2.C2H3N/c1-5-3-4-6-2;1-2-3/h5-6H,3-4H2,1-2H3;1H3. The van der Waals surface area contributed by atoms with Crippen LogP contribution in [0.1, 0.15) is 6.92 Å². The Morgan fingerprint density at radius 3 is 1.56 bits per heavy atom. The van der Waals surface area contributed by atoms with Crippen LogP contribution in [-0.2, 0) is 0 Å². The van der Waals surface area contributed by atoms with Gasteiger partial charge in [0.05, 0.1) is 6.07 Å². The Labute approximate surface area is 57.1 Å². The molecule has 0 atom stereocenters. The Hall–Kier alpha value is -0.590. The zero-order chi connectivity index (χ0) is 7.54. The van der Waals surface area contributed by atoms with Crippen molar-refractivity contribution in [2.24, 2.45) is 0 Å². The predicted octanol–water partition coefficient (Wildman–Crippen LogP) is -0.0449. The molecule has 0 aliphatic rings. The molecule has 0 aliphatic carbocycles. The van der Waals surface area contributed by atoms with Crippen molar-refractivity contribution < 1.29 is 0 Å². The maximum absolute atomic E-state index is 7.32. The molecular formula is C6H15N3. The van der Waals surface area contributed by atoms with Crippen LogP contribution < -0.4 is 10.6 Å². The highest BCUT2D eigenvalue weighted by Crippen LogP contribution is 1.45. The largest absolute Gasteiger partial charge is 0.318 e. The first-order valence-corrected chi connectivity index (χ1v) is 2.93. The van der Waals surface area contributed by atoms with E-state index in [9.17, 15) is 0 Å². The van der Waals surface area contributed by atoms with E-state index in [1.54, 1.807) is 6.07 Å². The molecule has 0 unspecified atom stereocenters. The highest BCUT2D eigenvalue weighted by molar-refractivity contribution is 4.51. The van der Waals surface area contributed by atoms with Gasteiger partial charge in [0, 0.05) is 20.0 Å². The van der Waals surface area contributed by atoms with Gasteiger partial charge in [-0.3, -0.25) is 0 Å². The molecular weight excluding hydrogens is 114 g/mol. The van der Waals surface area contributed by atoms with Crippen LogP contribution >= 0.6 is 0 Å². The third kappa shape index (κ3) is 37.3. The van der Waals surface area contributed by atoms with Crippen molar-refractivity contribution >= 4 is 0 Å². The minimum absolute atomic E-state index is 1.05. The van der Waals surface area contributed by atoms with E-state index in [2.05, 4.69) is 10.6 Å². The maximum Gasteiger partial charge on any atom is 0.0587 e. The number of hydrogen-bond donors (Lipinski definition) is 2. The summed E-state index contributed by atoms with van der Waals surface area (Å²) in [5, 5.41) is 13.3. The zero-order valence-corrected chi connectivity index (χ0v) is 6.36. The fraction of sp³-hybridized carbons (Fsp3) is 0.833. The van der Waals surface area contributed by atoms with Gasteiger partial charge in [-0.2, -0.15) is 5.26 Å². The summed E-state index contributed by atoms with van der Waals surface area (Å²) >= 11 is 0. The molecule has 0 fully saturated rings. The molecule has 0 heterocycles. The summed E-state index contributed by atoms with van der Waals surface area (Å²) in [7, 11) is 3.88. The molecule has 0 aromatic heterocycles. The van der Waals surface area contributed by atoms with Crippen molar-refractivity contribution in [3.05, 3.63) is 0 Å². The van der Waals surface area contributed by atoms with Crippen molar-refractivity contribution in [1.29, 1.82) is 5.26 Å². The number of nitriles is 1. The Balaban J connectivity index is 0. The van der Waals surface area contributed by atoms with Crippen molar-refractivity contribution in [2.75, 3.05) is 27.2 Å². The molecule has 0 aromatic carbocycles. The molecule has 0 rings (SSSR count). The SMILES string of the molecule is CC#N.CNCCNC. The smallest absolute Gasteiger partial charge is 0.0587 e. The number of rotatable bonds is 3. The van der Waals surface area contributed by atoms with Crippen LogP contribution in [0.15, 0.2) is 0 Å². The molecule has 3 nitrogen and oxygen atoms in total. The van der Waals surface area contributed by atoms with Crippen molar-refractivity contribution in [3.63, 3.8) is 0 Å². The maximum atomic E-state index is 7.32. The molecule has 0 amide bonds. The summed E-state index contributed by atoms with van der Waals surface area (Å²) in [6.07, 6.45) is 0. The van der Waals surface area contributed by atoms with Gasteiger partial charge in [-0.1, -0.05) is 0 Å². The van der Waals surface area contributed by atoms with Crippen molar-refractivity contribution in [3.8, 4) is 6.07 Å². The number of hydrogen-bond acceptors (Lipinski definition) is 3. The topological polar surface area (TPSA) is 47.9 Å². The van der Waals surface area contributed by atoms with Gasteiger partial charge in [-0.15, -0.1) is 0 Å². The Kier molecular flexibility index (Phi) is 19.5. The van der Waals surface area contributed by atoms with Gasteiger partial charge in [0.1, 0.15) is 0 Å². The van der Waals surface area contributed by atoms with E-state index in [0.717, 1.165) is 13.1 Å². The van der Waals surface area contributed by atoms with E-state index in [0.29, 0.717) is 0 Å². The van der Waals surface area contributed by atoms with E-state index in [4.69, 9.17) is 5.26 Å². The van der Waals surface area contributed by atoms with Gasteiger partial charge >= 0.3 is 0 Å². The van der Waals surface area contributed by atoms with Gasteiger partial charge in [0.15, 0.2) is 0 Å². The van der Waals surface area contributed by atoms with E-state index in [1.165, 1.54) is 6.92 Å². The third-order valence-corrected chi connectivity index (χ3v) is 0.625. The fourth-order valence-corrected chi connectivity index (χ4v) is 0.250. The molecule has 9 heavy (non-hydrogen) atoms. The van der Waals surface area contributed by atoms with Crippen molar-refractivity contribution in [1.82, 2.24) is 10.6 Å². The lowest BCUT2D eigenvalue weighted by atomic mass is 10.6. The van der Waals surface area contributed by atoms with E-state index in [1.807, 2.05) is 14.1 Å². The average molecular weight is 129 g/mol. The molecule has 54 valence electrons. The van der Waals surface area contributed by atoms with Crippen LogP contribution in [0.2, 0.25) is 0 Å². The van der Waals surface area contributed by atoms with Crippen LogP contribution in [0.3, 0.4) is 0 Å². The number of nitrogens with zero attached hydrogens (tertiary/aromatic N) is 1. The Morgan fingerprint density at radius 1 is 1.22 bits per heavy atom. The van der Waals surface area contributed by atoms with Crippen LogP contribution in [-0.4, -0.2) is 27.2 Å². The van der Waals surface area contributed by atoms with Crippen LogP contribution in [0.4, 0.5) is 0 Å². The molecule has 0 radical (unpaired) electrons. The molecule has 0 saturated carbocycles. The molecule has 0 saturated heterocycles. The van der Waals surface area contributed by atoms with Crippen LogP contribution in [0, 0.1) is 11.3 Å². The Bertz CT molecular complexity index is 61.2. The highest BCUT2D eigenvalue weighted by atomic mass is 14.9. The lowest BCUT2D eigenvalue weighted by Crippen LogP contribution is -2.21. The molecule has 0 aromatic rings. The molecule has 3 heteroatoms. The monoisotopic (exact) mass is 129 g/mol. The first-order chi connectivity index (χ1) is 4.33. The van der Waals surface area contributed by atoms with E-state index < -0.39 is 0 Å². The van der Waals surface area contributed by atoms with Gasteiger partial charge in [-0.05, 0) is 14.1 Å². The van der Waals surface area contributed by atoms with E-state index in [-0.39, 0.29) is 0 Å². The fourth-order valence-electron chi connectivity index (χ4n) is 0.250. The number of nitrogens with one attached hydrogen (secondary N) is 2. The molecule has 0 bridgehead atoms. The first kappa shape index (κ1) is 11.2. The molecule has 0 aliphatic heterocycles. The lowest BCUT2D eigenvalue weighted by molar-refractivity contribution is 0.718. The number of likely N-dealkylation sites (N-methyl/N-ethyl adjacent to an activating group) is 2. The lowest BCUT2D eigenvalue weighted by Gasteiger charge is -1.92. The summed E-state index contributed by atoms with van der Waals surface area (Å²) in [6.45, 7) is 3.53. The minimum Gasteiger partial charge on any atom is -0.318 e. The summed E-state index contributed by atoms with van der Waals surface area (Å²) in [6, 6.07) is 1.75. The molecule has 2 N–H and O–H groups in total. The van der Waals surface area contributed by atoms with E-state index >= 15 is 0 Å². The van der Waals surface area contributed by atoms with Gasteiger partial charge in [0.2, 0.25) is 0 Å². The highest BCUT2D eigenvalue weighted by Gasteiger charge is 1.70. The van der Waals surface area contributed by atoms with Crippen LogP contribution in [0.5, 0.6) is 0 Å². The minimum atomic E-state index is 1.05.